The van der Waals surface area contributed by atoms with E-state index >= 15 is 0 Å². The lowest BCUT2D eigenvalue weighted by Crippen LogP contribution is -2.12. The average molecular weight is 439 g/mol. The third-order valence-electron chi connectivity index (χ3n) is 4.84. The number of methoxy groups -OCH3 is 1. The molecule has 164 valence electrons. The summed E-state index contributed by atoms with van der Waals surface area (Å²) in [5.41, 5.74) is 3.78. The molecule has 2 aromatic heterocycles. The number of carbonyl (C=O) groups excluding carboxylic acids is 2. The van der Waals surface area contributed by atoms with Gasteiger partial charge in [0.25, 0.3) is 0 Å². The molecule has 4 aromatic rings. The number of para-hydroxylation sites is 1. The molecule has 0 spiro atoms. The third kappa shape index (κ3) is 5.40. The number of rotatable bonds is 8. The molecule has 0 amide bonds. The van der Waals surface area contributed by atoms with Crippen LogP contribution in [-0.4, -0.2) is 40.2 Å². The summed E-state index contributed by atoms with van der Waals surface area (Å²) in [6.45, 7) is -0.188. The summed E-state index contributed by atoms with van der Waals surface area (Å²) in [6, 6.07) is 20.1. The van der Waals surface area contributed by atoms with Crippen molar-refractivity contribution in [2.75, 3.05) is 13.7 Å². The molecule has 0 saturated carbocycles. The van der Waals surface area contributed by atoms with Crippen molar-refractivity contribution in [3.05, 3.63) is 103 Å². The zero-order chi connectivity index (χ0) is 23.0. The predicted octanol–water partition coefficient (Wildman–Crippen LogP) is 4.38. The second-order valence-corrected chi connectivity index (χ2v) is 7.04. The van der Waals surface area contributed by atoms with Crippen molar-refractivity contribution in [2.45, 2.75) is 0 Å². The highest BCUT2D eigenvalue weighted by Crippen LogP contribution is 2.24. The molecule has 2 aromatic carbocycles. The molecule has 33 heavy (non-hydrogen) atoms. The van der Waals surface area contributed by atoms with Crippen LogP contribution in [0.2, 0.25) is 0 Å². The first-order valence-corrected chi connectivity index (χ1v) is 10.2. The van der Waals surface area contributed by atoms with Crippen LogP contribution < -0.4 is 4.74 Å². The molecule has 0 unspecified atom stereocenters. The monoisotopic (exact) mass is 439 g/mol. The quantitative estimate of drug-likeness (QED) is 0.230. The zero-order valence-corrected chi connectivity index (χ0v) is 17.9. The Morgan fingerprint density at radius 3 is 2.48 bits per heavy atom. The highest BCUT2D eigenvalue weighted by atomic mass is 16.6. The van der Waals surface area contributed by atoms with Gasteiger partial charge in [0.05, 0.1) is 12.8 Å². The first-order valence-electron chi connectivity index (χ1n) is 10.2. The van der Waals surface area contributed by atoms with Gasteiger partial charge in [-0.2, -0.15) is 5.10 Å². The minimum Gasteiger partial charge on any atom is -0.482 e. The number of aromatic nitrogens is 3. The lowest BCUT2D eigenvalue weighted by Gasteiger charge is -2.05. The van der Waals surface area contributed by atoms with Crippen molar-refractivity contribution in [3.63, 3.8) is 0 Å². The Balaban J connectivity index is 1.56. The molecular formula is C26H21N3O4. The van der Waals surface area contributed by atoms with Crippen molar-refractivity contribution in [1.82, 2.24) is 14.8 Å². The second-order valence-electron chi connectivity index (χ2n) is 7.04. The van der Waals surface area contributed by atoms with Gasteiger partial charge in [-0.05, 0) is 60.7 Å². The van der Waals surface area contributed by atoms with Crippen LogP contribution in [0.5, 0.6) is 5.75 Å². The first-order chi connectivity index (χ1) is 16.1. The lowest BCUT2D eigenvalue weighted by atomic mass is 10.1. The standard InChI is InChI=1S/C26H21N3O4/c1-32-25(31)18-33-23-12-9-19(10-13-23)24(30)14-11-21-17-29(22-7-3-2-4-8-22)28-26(21)20-6-5-15-27-16-20/h2-17H,18H2,1H3. The van der Waals surface area contributed by atoms with Crippen LogP contribution in [0.1, 0.15) is 15.9 Å². The minimum absolute atomic E-state index is 0.167. The largest absolute Gasteiger partial charge is 0.482 e. The van der Waals surface area contributed by atoms with Crippen LogP contribution in [0.4, 0.5) is 0 Å². The van der Waals surface area contributed by atoms with E-state index in [4.69, 9.17) is 9.84 Å². The maximum atomic E-state index is 12.7. The highest BCUT2D eigenvalue weighted by Gasteiger charge is 2.11. The van der Waals surface area contributed by atoms with Crippen LogP contribution in [0.3, 0.4) is 0 Å². The highest BCUT2D eigenvalue weighted by molar-refractivity contribution is 6.07. The summed E-state index contributed by atoms with van der Waals surface area (Å²) >= 11 is 0. The molecule has 0 aliphatic carbocycles. The summed E-state index contributed by atoms with van der Waals surface area (Å²) < 4.78 is 11.6. The fraction of sp³-hybridized carbons (Fsp3) is 0.0769. The normalized spacial score (nSPS) is 10.8. The average Bonchev–Trinajstić information content (AvgIpc) is 3.31. The number of esters is 1. The third-order valence-corrected chi connectivity index (χ3v) is 4.84. The minimum atomic E-state index is -0.474. The van der Waals surface area contributed by atoms with Gasteiger partial charge in [-0.15, -0.1) is 0 Å². The number of hydrogen-bond donors (Lipinski definition) is 0. The van der Waals surface area contributed by atoms with Gasteiger partial charge in [0.2, 0.25) is 0 Å². The van der Waals surface area contributed by atoms with Crippen LogP contribution in [0, 0.1) is 0 Å². The summed E-state index contributed by atoms with van der Waals surface area (Å²) in [5.74, 6) is -0.165. The molecule has 0 bridgehead atoms. The van der Waals surface area contributed by atoms with E-state index < -0.39 is 5.97 Å². The van der Waals surface area contributed by atoms with Crippen molar-refractivity contribution in [1.29, 1.82) is 0 Å². The Kier molecular flexibility index (Phi) is 6.70. The Hall–Kier alpha value is -4.52. The lowest BCUT2D eigenvalue weighted by molar-refractivity contribution is -0.142. The molecule has 0 fully saturated rings. The number of pyridine rings is 1. The van der Waals surface area contributed by atoms with E-state index in [1.807, 2.05) is 48.7 Å². The maximum Gasteiger partial charge on any atom is 0.343 e. The molecule has 0 radical (unpaired) electrons. The smallest absolute Gasteiger partial charge is 0.343 e. The molecule has 0 aliphatic rings. The topological polar surface area (TPSA) is 83.3 Å². The van der Waals surface area contributed by atoms with Gasteiger partial charge in [-0.25, -0.2) is 9.48 Å². The molecule has 0 atom stereocenters. The molecule has 2 heterocycles. The van der Waals surface area contributed by atoms with Crippen LogP contribution in [0.25, 0.3) is 23.0 Å². The van der Waals surface area contributed by atoms with E-state index in [0.717, 1.165) is 22.5 Å². The predicted molar refractivity (Wildman–Crippen MR) is 124 cm³/mol. The molecule has 7 nitrogen and oxygen atoms in total. The number of ether oxygens (including phenoxy) is 2. The number of allylic oxidation sites excluding steroid dienone is 1. The SMILES string of the molecule is COC(=O)COc1ccc(C(=O)C=Cc2cn(-c3ccccc3)nc2-c2cccnc2)cc1. The Labute approximate surface area is 190 Å². The van der Waals surface area contributed by atoms with E-state index in [2.05, 4.69) is 9.72 Å². The molecule has 7 heteroatoms. The maximum absolute atomic E-state index is 12.7. The number of ketones is 1. The fourth-order valence-corrected chi connectivity index (χ4v) is 3.13. The van der Waals surface area contributed by atoms with E-state index in [-0.39, 0.29) is 12.4 Å². The molecule has 0 N–H and O–H groups in total. The van der Waals surface area contributed by atoms with Crippen molar-refractivity contribution >= 4 is 17.8 Å². The summed E-state index contributed by atoms with van der Waals surface area (Å²) in [6.07, 6.45) is 8.58. The Morgan fingerprint density at radius 2 is 1.79 bits per heavy atom. The summed E-state index contributed by atoms with van der Waals surface area (Å²) in [4.78, 5) is 28.1. The van der Waals surface area contributed by atoms with Gasteiger partial charge in [0, 0.05) is 35.3 Å². The molecule has 0 saturated heterocycles. The van der Waals surface area contributed by atoms with Gasteiger partial charge < -0.3 is 9.47 Å². The van der Waals surface area contributed by atoms with Crippen molar-refractivity contribution < 1.29 is 19.1 Å². The molecular weight excluding hydrogens is 418 g/mol. The van der Waals surface area contributed by atoms with Crippen LogP contribution in [0.15, 0.2) is 91.4 Å². The van der Waals surface area contributed by atoms with Gasteiger partial charge in [-0.1, -0.05) is 18.2 Å². The summed E-state index contributed by atoms with van der Waals surface area (Å²) in [7, 11) is 1.29. The van der Waals surface area contributed by atoms with E-state index in [9.17, 15) is 9.59 Å². The second kappa shape index (κ2) is 10.2. The van der Waals surface area contributed by atoms with E-state index in [1.54, 1.807) is 47.4 Å². The van der Waals surface area contributed by atoms with Crippen molar-refractivity contribution in [2.24, 2.45) is 0 Å². The number of benzene rings is 2. The van der Waals surface area contributed by atoms with Gasteiger partial charge in [-0.3, -0.25) is 9.78 Å². The number of nitrogens with zero attached hydrogens (tertiary/aromatic N) is 3. The van der Waals surface area contributed by atoms with Gasteiger partial charge >= 0.3 is 5.97 Å². The zero-order valence-electron chi connectivity index (χ0n) is 17.9. The molecule has 0 aliphatic heterocycles. The fourth-order valence-electron chi connectivity index (χ4n) is 3.13. The number of carbonyl (C=O) groups is 2. The van der Waals surface area contributed by atoms with E-state index in [0.29, 0.717) is 11.3 Å². The Morgan fingerprint density at radius 1 is 1.00 bits per heavy atom. The van der Waals surface area contributed by atoms with Gasteiger partial charge in [0.15, 0.2) is 12.4 Å². The summed E-state index contributed by atoms with van der Waals surface area (Å²) in [5, 5.41) is 4.71. The van der Waals surface area contributed by atoms with Crippen molar-refractivity contribution in [3.8, 4) is 22.7 Å². The Bertz CT molecular complexity index is 1260. The first kappa shape index (κ1) is 21.7. The number of hydrogen-bond acceptors (Lipinski definition) is 6. The van der Waals surface area contributed by atoms with Crippen LogP contribution in [-0.2, 0) is 9.53 Å². The molecule has 4 rings (SSSR count). The van der Waals surface area contributed by atoms with Crippen LogP contribution >= 0.6 is 0 Å². The van der Waals surface area contributed by atoms with Gasteiger partial charge in [0.1, 0.15) is 11.4 Å². The van der Waals surface area contributed by atoms with E-state index in [1.165, 1.54) is 13.2 Å².